The number of aromatic nitrogens is 1. The van der Waals surface area contributed by atoms with Crippen molar-refractivity contribution in [1.29, 1.82) is 0 Å². The van der Waals surface area contributed by atoms with Gasteiger partial charge in [0, 0.05) is 55.4 Å². The van der Waals surface area contributed by atoms with Gasteiger partial charge in [-0.25, -0.2) is 0 Å². The number of rotatable bonds is 3. The molecule has 0 radical (unpaired) electrons. The van der Waals surface area contributed by atoms with E-state index in [1.54, 1.807) is 4.57 Å². The monoisotopic (exact) mass is 375 g/mol. The summed E-state index contributed by atoms with van der Waals surface area (Å²) in [6, 6.07) is 15.5. The van der Waals surface area contributed by atoms with Crippen LogP contribution in [-0.4, -0.2) is 53.5 Å². The number of aryl methyl sites for hydroxylation is 1. The van der Waals surface area contributed by atoms with Gasteiger partial charge in [0.25, 0.3) is 11.5 Å². The average molecular weight is 375 g/mol. The number of hydrogen-bond acceptors (Lipinski definition) is 3. The Labute approximate surface area is 164 Å². The van der Waals surface area contributed by atoms with Gasteiger partial charge in [0.05, 0.1) is 0 Å². The maximum absolute atomic E-state index is 12.8. The van der Waals surface area contributed by atoms with Crippen LogP contribution in [-0.2, 0) is 6.54 Å². The molecule has 0 saturated carbocycles. The van der Waals surface area contributed by atoms with E-state index in [9.17, 15) is 9.59 Å². The lowest BCUT2D eigenvalue weighted by molar-refractivity contribution is 0.0664. The molecule has 5 heteroatoms. The van der Waals surface area contributed by atoms with Crippen LogP contribution in [0.25, 0.3) is 21.9 Å². The number of nitrogens with zero attached hydrogens (tertiary/aromatic N) is 3. The Morgan fingerprint density at radius 1 is 0.929 bits per heavy atom. The van der Waals surface area contributed by atoms with Crippen molar-refractivity contribution in [3.63, 3.8) is 0 Å². The first-order valence-electron chi connectivity index (χ1n) is 9.79. The number of benzene rings is 2. The minimum atomic E-state index is 0.0312. The van der Waals surface area contributed by atoms with Gasteiger partial charge in [0.2, 0.25) is 0 Å². The minimum Gasteiger partial charge on any atom is -0.336 e. The Morgan fingerprint density at radius 3 is 2.21 bits per heavy atom. The smallest absolute Gasteiger partial charge is 0.258 e. The number of carbonyl (C=O) groups excluding carboxylic acids is 1. The zero-order valence-corrected chi connectivity index (χ0v) is 16.4. The Morgan fingerprint density at radius 2 is 1.57 bits per heavy atom. The predicted octanol–water partition coefficient (Wildman–Crippen LogP) is 3.08. The number of carbonyl (C=O) groups is 1. The van der Waals surface area contributed by atoms with Gasteiger partial charge < -0.3 is 14.4 Å². The molecule has 1 aliphatic rings. The highest BCUT2D eigenvalue weighted by molar-refractivity contribution is 5.98. The zero-order chi connectivity index (χ0) is 19.7. The second-order valence-corrected chi connectivity index (χ2v) is 7.35. The van der Waals surface area contributed by atoms with E-state index in [1.807, 2.05) is 66.6 Å². The normalized spacial score (nSPS) is 15.1. The predicted molar refractivity (Wildman–Crippen MR) is 113 cm³/mol. The molecular formula is C23H25N3O2. The molecule has 0 unspecified atom stereocenters. The number of pyridine rings is 1. The molecule has 2 heterocycles. The third-order valence-corrected chi connectivity index (χ3v) is 5.57. The minimum absolute atomic E-state index is 0.0312. The molecule has 2 aromatic carbocycles. The van der Waals surface area contributed by atoms with Crippen molar-refractivity contribution in [3.8, 4) is 11.1 Å². The maximum atomic E-state index is 12.8. The summed E-state index contributed by atoms with van der Waals surface area (Å²) in [5.74, 6) is 0.0861. The zero-order valence-electron chi connectivity index (χ0n) is 16.4. The van der Waals surface area contributed by atoms with E-state index in [4.69, 9.17) is 0 Å². The first-order chi connectivity index (χ1) is 13.6. The molecule has 0 atom stereocenters. The molecule has 1 aromatic heterocycles. The number of hydrogen-bond donors (Lipinski definition) is 0. The highest BCUT2D eigenvalue weighted by atomic mass is 16.2. The van der Waals surface area contributed by atoms with Crippen LogP contribution in [0.3, 0.4) is 0 Å². The van der Waals surface area contributed by atoms with Gasteiger partial charge in [-0.1, -0.05) is 30.3 Å². The topological polar surface area (TPSA) is 45.6 Å². The first-order valence-corrected chi connectivity index (χ1v) is 9.79. The molecule has 5 nitrogen and oxygen atoms in total. The van der Waals surface area contributed by atoms with Crippen molar-refractivity contribution in [1.82, 2.24) is 14.4 Å². The summed E-state index contributed by atoms with van der Waals surface area (Å²) in [5.41, 5.74) is 2.76. The van der Waals surface area contributed by atoms with E-state index in [0.717, 1.165) is 48.1 Å². The summed E-state index contributed by atoms with van der Waals surface area (Å²) in [6.07, 6.45) is 1.92. The third kappa shape index (κ3) is 3.34. The highest BCUT2D eigenvalue weighted by Crippen LogP contribution is 2.27. The fraction of sp³-hybridized carbons (Fsp3) is 0.304. The summed E-state index contributed by atoms with van der Waals surface area (Å²) >= 11 is 0. The number of fused-ring (bicyclic) bond motifs is 1. The molecule has 0 spiro atoms. The van der Waals surface area contributed by atoms with Crippen LogP contribution >= 0.6 is 0 Å². The lowest BCUT2D eigenvalue weighted by Gasteiger charge is -2.32. The average Bonchev–Trinajstić information content (AvgIpc) is 2.74. The van der Waals surface area contributed by atoms with E-state index < -0.39 is 0 Å². The molecule has 0 bridgehead atoms. The molecule has 4 rings (SSSR count). The quantitative estimate of drug-likeness (QED) is 0.707. The molecule has 1 saturated heterocycles. The molecule has 1 aliphatic heterocycles. The van der Waals surface area contributed by atoms with Crippen LogP contribution in [0.1, 0.15) is 17.3 Å². The number of piperazine rings is 1. The molecule has 144 valence electrons. The summed E-state index contributed by atoms with van der Waals surface area (Å²) in [5, 5.41) is 1.66. The van der Waals surface area contributed by atoms with E-state index in [-0.39, 0.29) is 11.5 Å². The standard InChI is InChI=1S/C23H25N3O2/c1-3-25-16-21(19-6-4-5-7-20(19)23(25)28)17-8-10-18(11-9-17)22(27)26-14-12-24(2)13-15-26/h4-11,16H,3,12-15H2,1-2H3. The summed E-state index contributed by atoms with van der Waals surface area (Å²) in [6.45, 7) is 5.95. The van der Waals surface area contributed by atoms with Crippen LogP contribution in [0.15, 0.2) is 59.5 Å². The summed E-state index contributed by atoms with van der Waals surface area (Å²) in [4.78, 5) is 29.5. The lowest BCUT2D eigenvalue weighted by atomic mass is 9.99. The van der Waals surface area contributed by atoms with Gasteiger partial charge in [-0.3, -0.25) is 9.59 Å². The van der Waals surface area contributed by atoms with Crippen molar-refractivity contribution in [2.24, 2.45) is 0 Å². The second kappa shape index (κ2) is 7.60. The Balaban J connectivity index is 1.69. The fourth-order valence-corrected chi connectivity index (χ4v) is 3.79. The second-order valence-electron chi connectivity index (χ2n) is 7.35. The van der Waals surface area contributed by atoms with Crippen molar-refractivity contribution in [2.45, 2.75) is 13.5 Å². The van der Waals surface area contributed by atoms with Gasteiger partial charge in [0.15, 0.2) is 0 Å². The van der Waals surface area contributed by atoms with Crippen molar-refractivity contribution < 1.29 is 4.79 Å². The molecule has 28 heavy (non-hydrogen) atoms. The van der Waals surface area contributed by atoms with Gasteiger partial charge in [0.1, 0.15) is 0 Å². The highest BCUT2D eigenvalue weighted by Gasteiger charge is 2.20. The molecule has 3 aromatic rings. The van der Waals surface area contributed by atoms with Crippen LogP contribution in [0.2, 0.25) is 0 Å². The van der Waals surface area contributed by atoms with Crippen LogP contribution in [0, 0.1) is 0 Å². The molecule has 1 amide bonds. The van der Waals surface area contributed by atoms with Crippen molar-refractivity contribution in [3.05, 3.63) is 70.6 Å². The third-order valence-electron chi connectivity index (χ3n) is 5.57. The fourth-order valence-electron chi connectivity index (χ4n) is 3.79. The van der Waals surface area contributed by atoms with Crippen molar-refractivity contribution >= 4 is 16.7 Å². The van der Waals surface area contributed by atoms with E-state index in [2.05, 4.69) is 11.9 Å². The van der Waals surface area contributed by atoms with Gasteiger partial charge in [-0.2, -0.15) is 0 Å². The van der Waals surface area contributed by atoms with Crippen molar-refractivity contribution in [2.75, 3.05) is 33.2 Å². The van der Waals surface area contributed by atoms with E-state index in [1.165, 1.54) is 0 Å². The van der Waals surface area contributed by atoms with Crippen LogP contribution in [0.5, 0.6) is 0 Å². The molecular weight excluding hydrogens is 350 g/mol. The Bertz CT molecular complexity index is 1060. The SMILES string of the molecule is CCn1cc(-c2ccc(C(=O)N3CCN(C)CC3)cc2)c2ccccc2c1=O. The van der Waals surface area contributed by atoms with E-state index in [0.29, 0.717) is 12.1 Å². The first kappa shape index (κ1) is 18.4. The lowest BCUT2D eigenvalue weighted by Crippen LogP contribution is -2.47. The van der Waals surface area contributed by atoms with Crippen LogP contribution < -0.4 is 5.56 Å². The van der Waals surface area contributed by atoms with Gasteiger partial charge >= 0.3 is 0 Å². The maximum Gasteiger partial charge on any atom is 0.258 e. The largest absolute Gasteiger partial charge is 0.336 e. The number of likely N-dealkylation sites (N-methyl/N-ethyl adjacent to an activating group) is 1. The molecule has 0 N–H and O–H groups in total. The summed E-state index contributed by atoms with van der Waals surface area (Å²) < 4.78 is 1.74. The van der Waals surface area contributed by atoms with Crippen LogP contribution in [0.4, 0.5) is 0 Å². The number of amides is 1. The molecule has 0 aliphatic carbocycles. The summed E-state index contributed by atoms with van der Waals surface area (Å²) in [7, 11) is 2.08. The Kier molecular flexibility index (Phi) is 5.01. The van der Waals surface area contributed by atoms with Gasteiger partial charge in [-0.15, -0.1) is 0 Å². The Hall–Kier alpha value is -2.92. The molecule has 1 fully saturated rings. The van der Waals surface area contributed by atoms with Gasteiger partial charge in [-0.05, 0) is 43.1 Å². The van der Waals surface area contributed by atoms with E-state index >= 15 is 0 Å².